The third-order valence-corrected chi connectivity index (χ3v) is 4.80. The molecule has 1 heterocycles. The molecule has 6 nitrogen and oxygen atoms in total. The number of anilines is 1. The first-order valence-electron chi connectivity index (χ1n) is 10.3. The highest BCUT2D eigenvalue weighted by atomic mass is 16.5. The highest BCUT2D eigenvalue weighted by Crippen LogP contribution is 2.13. The number of nitrogens with zero attached hydrogens (tertiary/aromatic N) is 2. The summed E-state index contributed by atoms with van der Waals surface area (Å²) >= 11 is 0. The Balaban J connectivity index is 1.41. The lowest BCUT2D eigenvalue weighted by molar-refractivity contribution is -0.115. The van der Waals surface area contributed by atoms with E-state index in [9.17, 15) is 9.59 Å². The molecule has 0 saturated carbocycles. The average molecular weight is 435 g/mol. The summed E-state index contributed by atoms with van der Waals surface area (Å²) in [4.78, 5) is 24.2. The normalized spacial score (nSPS) is 10.1. The van der Waals surface area contributed by atoms with Crippen molar-refractivity contribution in [3.63, 3.8) is 0 Å². The third-order valence-electron chi connectivity index (χ3n) is 4.80. The van der Waals surface area contributed by atoms with Gasteiger partial charge in [-0.05, 0) is 54.1 Å². The molecule has 0 spiro atoms. The van der Waals surface area contributed by atoms with Crippen molar-refractivity contribution in [3.05, 3.63) is 114 Å². The Morgan fingerprint density at radius 1 is 0.939 bits per heavy atom. The number of hydrogen-bond acceptors (Lipinski definition) is 4. The van der Waals surface area contributed by atoms with Crippen LogP contribution in [0.4, 0.5) is 5.69 Å². The van der Waals surface area contributed by atoms with Crippen molar-refractivity contribution in [2.75, 3.05) is 12.4 Å². The highest BCUT2D eigenvalue weighted by Gasteiger charge is 2.08. The fourth-order valence-corrected chi connectivity index (χ4v) is 3.22. The van der Waals surface area contributed by atoms with Gasteiger partial charge >= 0.3 is 5.97 Å². The number of rotatable bonds is 5. The van der Waals surface area contributed by atoms with Crippen molar-refractivity contribution in [1.29, 1.82) is 0 Å². The number of ether oxygens (including phenoxy) is 1. The van der Waals surface area contributed by atoms with Crippen LogP contribution in [-0.2, 0) is 16.0 Å². The lowest BCUT2D eigenvalue weighted by Gasteiger charge is -2.05. The molecular weight excluding hydrogens is 414 g/mol. The average Bonchev–Trinajstić information content (AvgIpc) is 3.31. The van der Waals surface area contributed by atoms with Crippen molar-refractivity contribution in [3.8, 4) is 17.5 Å². The van der Waals surface area contributed by atoms with Gasteiger partial charge in [0.05, 0.1) is 31.0 Å². The number of esters is 1. The third kappa shape index (κ3) is 5.75. The second-order valence-electron chi connectivity index (χ2n) is 7.26. The smallest absolute Gasteiger partial charge is 0.337 e. The SMILES string of the molecule is COC(=O)c1cccc(C#Cc2cccc(NC(=O)Cc3cnn(-c4ccccc4)c3)c2)c1. The van der Waals surface area contributed by atoms with Gasteiger partial charge < -0.3 is 10.1 Å². The molecule has 162 valence electrons. The Morgan fingerprint density at radius 3 is 2.42 bits per heavy atom. The molecule has 1 N–H and O–H groups in total. The minimum absolute atomic E-state index is 0.140. The Kier molecular flexibility index (Phi) is 6.62. The van der Waals surface area contributed by atoms with E-state index < -0.39 is 5.97 Å². The van der Waals surface area contributed by atoms with Crippen LogP contribution < -0.4 is 5.32 Å². The molecule has 3 aromatic carbocycles. The van der Waals surface area contributed by atoms with Gasteiger partial charge in [0.15, 0.2) is 0 Å². The Bertz CT molecular complexity index is 1350. The number of para-hydroxylation sites is 1. The topological polar surface area (TPSA) is 73.2 Å². The van der Waals surface area contributed by atoms with Gasteiger partial charge in [0.25, 0.3) is 0 Å². The zero-order chi connectivity index (χ0) is 23.0. The largest absolute Gasteiger partial charge is 0.465 e. The Morgan fingerprint density at radius 2 is 1.67 bits per heavy atom. The number of carbonyl (C=O) groups is 2. The summed E-state index contributed by atoms with van der Waals surface area (Å²) < 4.78 is 6.48. The van der Waals surface area contributed by atoms with E-state index in [0.717, 1.165) is 16.8 Å². The molecular formula is C27H21N3O3. The van der Waals surface area contributed by atoms with Crippen molar-refractivity contribution >= 4 is 17.6 Å². The molecule has 4 rings (SSSR count). The minimum Gasteiger partial charge on any atom is -0.465 e. The molecule has 1 aromatic heterocycles. The van der Waals surface area contributed by atoms with E-state index in [0.29, 0.717) is 16.8 Å². The summed E-state index contributed by atoms with van der Waals surface area (Å²) in [6.45, 7) is 0. The van der Waals surface area contributed by atoms with E-state index in [2.05, 4.69) is 22.3 Å². The van der Waals surface area contributed by atoms with Crippen LogP contribution in [0.5, 0.6) is 0 Å². The summed E-state index contributed by atoms with van der Waals surface area (Å²) in [5.41, 5.74) is 4.30. The molecule has 0 bridgehead atoms. The minimum atomic E-state index is -0.405. The van der Waals surface area contributed by atoms with Gasteiger partial charge in [-0.2, -0.15) is 5.10 Å². The van der Waals surface area contributed by atoms with E-state index in [-0.39, 0.29) is 12.3 Å². The molecule has 0 radical (unpaired) electrons. The van der Waals surface area contributed by atoms with Crippen molar-refractivity contribution in [2.45, 2.75) is 6.42 Å². The fraction of sp³-hybridized carbons (Fsp3) is 0.0741. The molecule has 4 aromatic rings. The van der Waals surface area contributed by atoms with Gasteiger partial charge in [-0.15, -0.1) is 0 Å². The van der Waals surface area contributed by atoms with Crippen molar-refractivity contribution in [1.82, 2.24) is 9.78 Å². The van der Waals surface area contributed by atoms with Crippen LogP contribution in [0.2, 0.25) is 0 Å². The van der Waals surface area contributed by atoms with E-state index in [1.165, 1.54) is 7.11 Å². The van der Waals surface area contributed by atoms with Gasteiger partial charge in [-0.25, -0.2) is 9.48 Å². The second kappa shape index (κ2) is 10.1. The van der Waals surface area contributed by atoms with Crippen LogP contribution in [-0.4, -0.2) is 28.8 Å². The fourth-order valence-electron chi connectivity index (χ4n) is 3.22. The molecule has 0 aliphatic rings. The van der Waals surface area contributed by atoms with E-state index in [4.69, 9.17) is 4.74 Å². The van der Waals surface area contributed by atoms with Gasteiger partial charge in [-0.1, -0.05) is 42.2 Å². The van der Waals surface area contributed by atoms with Crippen LogP contribution in [0.3, 0.4) is 0 Å². The van der Waals surface area contributed by atoms with Crippen LogP contribution in [0, 0.1) is 11.8 Å². The maximum atomic E-state index is 12.5. The van der Waals surface area contributed by atoms with Gasteiger partial charge in [0.2, 0.25) is 5.91 Å². The van der Waals surface area contributed by atoms with Gasteiger partial charge in [0.1, 0.15) is 0 Å². The molecule has 0 atom stereocenters. The molecule has 33 heavy (non-hydrogen) atoms. The van der Waals surface area contributed by atoms with E-state index >= 15 is 0 Å². The van der Waals surface area contributed by atoms with Gasteiger partial charge in [0, 0.05) is 23.0 Å². The molecule has 0 aliphatic carbocycles. The predicted octanol–water partition coefficient (Wildman–Crippen LogP) is 4.24. The first kappa shape index (κ1) is 21.6. The summed E-state index contributed by atoms with van der Waals surface area (Å²) in [6, 6.07) is 24.0. The molecule has 0 saturated heterocycles. The maximum Gasteiger partial charge on any atom is 0.337 e. The Hall–Kier alpha value is -4.63. The van der Waals surface area contributed by atoms with Crippen LogP contribution in [0.1, 0.15) is 27.0 Å². The maximum absolute atomic E-state index is 12.5. The summed E-state index contributed by atoms with van der Waals surface area (Å²) in [5.74, 6) is 5.56. The molecule has 0 unspecified atom stereocenters. The van der Waals surface area contributed by atoms with Crippen LogP contribution in [0.15, 0.2) is 91.3 Å². The number of nitrogens with one attached hydrogen (secondary N) is 1. The number of amides is 1. The van der Waals surface area contributed by atoms with E-state index in [1.54, 1.807) is 29.1 Å². The highest BCUT2D eigenvalue weighted by molar-refractivity contribution is 5.92. The first-order valence-corrected chi connectivity index (χ1v) is 10.3. The lowest BCUT2D eigenvalue weighted by Crippen LogP contribution is -2.14. The Labute approximate surface area is 191 Å². The summed E-state index contributed by atoms with van der Waals surface area (Å²) in [5, 5.41) is 7.23. The number of methoxy groups -OCH3 is 1. The molecule has 0 fully saturated rings. The zero-order valence-electron chi connectivity index (χ0n) is 18.0. The molecule has 6 heteroatoms. The summed E-state index contributed by atoms with van der Waals surface area (Å²) in [7, 11) is 1.34. The second-order valence-corrected chi connectivity index (χ2v) is 7.26. The number of aromatic nitrogens is 2. The number of carbonyl (C=O) groups excluding carboxylic acids is 2. The van der Waals surface area contributed by atoms with Crippen molar-refractivity contribution < 1.29 is 14.3 Å². The molecule has 1 amide bonds. The quantitative estimate of drug-likeness (QED) is 0.376. The lowest BCUT2D eigenvalue weighted by atomic mass is 10.1. The number of benzene rings is 3. The van der Waals surface area contributed by atoms with Crippen LogP contribution in [0.25, 0.3) is 5.69 Å². The van der Waals surface area contributed by atoms with Gasteiger partial charge in [-0.3, -0.25) is 4.79 Å². The first-order chi connectivity index (χ1) is 16.1. The predicted molar refractivity (Wildman–Crippen MR) is 126 cm³/mol. The van der Waals surface area contributed by atoms with Crippen LogP contribution >= 0.6 is 0 Å². The van der Waals surface area contributed by atoms with E-state index in [1.807, 2.05) is 66.9 Å². The van der Waals surface area contributed by atoms with Crippen molar-refractivity contribution in [2.24, 2.45) is 0 Å². The summed E-state index contributed by atoms with van der Waals surface area (Å²) in [6.07, 6.45) is 3.75. The standard InChI is InChI=1S/C27H21N3O3/c1-33-27(32)23-9-5-7-20(15-23)13-14-21-8-6-10-24(16-21)29-26(31)17-22-18-28-30(19-22)25-11-3-2-4-12-25/h2-12,15-16,18-19H,17H2,1H3,(H,29,31). The monoisotopic (exact) mass is 435 g/mol. The number of hydrogen-bond donors (Lipinski definition) is 1. The zero-order valence-corrected chi connectivity index (χ0v) is 18.0. The molecule has 0 aliphatic heterocycles.